The molecule has 1 unspecified atom stereocenters. The molecule has 2 heterocycles. The van der Waals surface area contributed by atoms with Gasteiger partial charge in [0.15, 0.2) is 0 Å². The van der Waals surface area contributed by atoms with Crippen LogP contribution < -0.4 is 0 Å². The first kappa shape index (κ1) is 18.6. The Kier molecular flexibility index (Phi) is 4.90. The van der Waals surface area contributed by atoms with Gasteiger partial charge >= 0.3 is 5.97 Å². The molecule has 0 amide bonds. The van der Waals surface area contributed by atoms with Gasteiger partial charge in [-0.2, -0.15) is 9.40 Å². The minimum absolute atomic E-state index is 0.0543. The lowest BCUT2D eigenvalue weighted by Gasteiger charge is -2.32. The highest BCUT2D eigenvalue weighted by Crippen LogP contribution is 2.32. The fourth-order valence-electron chi connectivity index (χ4n) is 3.59. The summed E-state index contributed by atoms with van der Waals surface area (Å²) in [4.78, 5) is 11.3. The van der Waals surface area contributed by atoms with Gasteiger partial charge in [-0.05, 0) is 50.3 Å². The van der Waals surface area contributed by atoms with E-state index < -0.39 is 16.0 Å². The third kappa shape index (κ3) is 3.26. The monoisotopic (exact) mass is 377 g/mol. The minimum Gasteiger partial charge on any atom is -0.478 e. The summed E-state index contributed by atoms with van der Waals surface area (Å²) in [5.41, 5.74) is 2.35. The van der Waals surface area contributed by atoms with Crippen molar-refractivity contribution in [3.8, 4) is 0 Å². The zero-order valence-electron chi connectivity index (χ0n) is 15.1. The first-order chi connectivity index (χ1) is 12.2. The molecule has 1 aliphatic heterocycles. The summed E-state index contributed by atoms with van der Waals surface area (Å²) in [7, 11) is -1.87. The van der Waals surface area contributed by atoms with Crippen LogP contribution in [0, 0.1) is 13.8 Å². The first-order valence-corrected chi connectivity index (χ1v) is 9.99. The maximum Gasteiger partial charge on any atom is 0.335 e. The van der Waals surface area contributed by atoms with E-state index in [9.17, 15) is 13.2 Å². The number of rotatable bonds is 4. The van der Waals surface area contributed by atoms with Crippen LogP contribution in [0.5, 0.6) is 0 Å². The lowest BCUT2D eigenvalue weighted by molar-refractivity contribution is 0.0697. The van der Waals surface area contributed by atoms with Crippen molar-refractivity contribution >= 4 is 16.0 Å². The van der Waals surface area contributed by atoms with E-state index in [4.69, 9.17) is 5.11 Å². The molecule has 1 atom stereocenters. The first-order valence-electron chi connectivity index (χ1n) is 8.55. The van der Waals surface area contributed by atoms with Gasteiger partial charge < -0.3 is 5.11 Å². The van der Waals surface area contributed by atoms with Crippen molar-refractivity contribution in [1.29, 1.82) is 0 Å². The second-order valence-electron chi connectivity index (χ2n) is 6.75. The van der Waals surface area contributed by atoms with Crippen molar-refractivity contribution in [2.24, 2.45) is 7.05 Å². The molecule has 8 heteroatoms. The number of aryl methyl sites for hydroxylation is 2. The van der Waals surface area contributed by atoms with Gasteiger partial charge in [-0.1, -0.05) is 12.1 Å². The SMILES string of the molecule is Cc1nn(C)c(C)c1S(=O)(=O)N1CCCC(c2ccc(C(=O)O)cc2)C1. The Morgan fingerprint density at radius 3 is 2.42 bits per heavy atom. The topological polar surface area (TPSA) is 92.5 Å². The van der Waals surface area contributed by atoms with Gasteiger partial charge in [0.2, 0.25) is 10.0 Å². The fraction of sp³-hybridized carbons (Fsp3) is 0.444. The smallest absolute Gasteiger partial charge is 0.335 e. The van der Waals surface area contributed by atoms with E-state index in [2.05, 4.69) is 5.10 Å². The van der Waals surface area contributed by atoms with E-state index >= 15 is 0 Å². The van der Waals surface area contributed by atoms with Crippen molar-refractivity contribution in [3.63, 3.8) is 0 Å². The zero-order valence-corrected chi connectivity index (χ0v) is 16.0. The quantitative estimate of drug-likeness (QED) is 0.883. The van der Waals surface area contributed by atoms with Crippen LogP contribution in [0.4, 0.5) is 0 Å². The summed E-state index contributed by atoms with van der Waals surface area (Å²) >= 11 is 0. The summed E-state index contributed by atoms with van der Waals surface area (Å²) in [5.74, 6) is -0.911. The number of aromatic carboxylic acids is 1. The number of sulfonamides is 1. The number of piperidine rings is 1. The van der Waals surface area contributed by atoms with Gasteiger partial charge in [0, 0.05) is 20.1 Å². The van der Waals surface area contributed by atoms with Gasteiger partial charge in [0.25, 0.3) is 0 Å². The molecule has 0 saturated carbocycles. The van der Waals surface area contributed by atoms with Crippen LogP contribution in [-0.2, 0) is 17.1 Å². The van der Waals surface area contributed by atoms with Crippen LogP contribution in [0.3, 0.4) is 0 Å². The van der Waals surface area contributed by atoms with Crippen LogP contribution in [-0.4, -0.2) is 46.7 Å². The molecule has 7 nitrogen and oxygen atoms in total. The lowest BCUT2D eigenvalue weighted by atomic mass is 9.91. The molecule has 0 spiro atoms. The normalized spacial score (nSPS) is 18.8. The Labute approximate surface area is 153 Å². The summed E-state index contributed by atoms with van der Waals surface area (Å²) < 4.78 is 29.4. The molecule has 26 heavy (non-hydrogen) atoms. The Morgan fingerprint density at radius 2 is 1.88 bits per heavy atom. The molecule has 1 fully saturated rings. The molecule has 0 radical (unpaired) electrons. The predicted molar refractivity (Wildman–Crippen MR) is 96.8 cm³/mol. The molecular weight excluding hydrogens is 354 g/mol. The van der Waals surface area contributed by atoms with E-state index in [1.165, 1.54) is 4.31 Å². The van der Waals surface area contributed by atoms with Crippen molar-refractivity contribution in [1.82, 2.24) is 14.1 Å². The molecule has 140 valence electrons. The van der Waals surface area contributed by atoms with E-state index in [1.54, 1.807) is 49.8 Å². The number of carboxylic acid groups (broad SMARTS) is 1. The Hall–Kier alpha value is -2.19. The van der Waals surface area contributed by atoms with Crippen LogP contribution in [0.2, 0.25) is 0 Å². The van der Waals surface area contributed by atoms with Crippen LogP contribution in [0.25, 0.3) is 0 Å². The second kappa shape index (κ2) is 6.85. The van der Waals surface area contributed by atoms with E-state index in [-0.39, 0.29) is 11.5 Å². The standard InChI is InChI=1S/C18H23N3O4S/c1-12-17(13(2)20(3)19-12)26(24,25)21-10-4-5-16(11-21)14-6-8-15(9-7-14)18(22)23/h6-9,16H,4-5,10-11H2,1-3H3,(H,22,23). The molecule has 0 aliphatic carbocycles. The van der Waals surface area contributed by atoms with Crippen molar-refractivity contribution in [3.05, 3.63) is 46.8 Å². The third-order valence-electron chi connectivity index (χ3n) is 5.05. The van der Waals surface area contributed by atoms with Crippen molar-refractivity contribution in [2.75, 3.05) is 13.1 Å². The number of aromatic nitrogens is 2. The van der Waals surface area contributed by atoms with E-state index in [1.807, 2.05) is 0 Å². The summed E-state index contributed by atoms with van der Waals surface area (Å²) in [6, 6.07) is 6.71. The second-order valence-corrected chi connectivity index (χ2v) is 8.63. The van der Waals surface area contributed by atoms with Crippen LogP contribution >= 0.6 is 0 Å². The van der Waals surface area contributed by atoms with Crippen molar-refractivity contribution in [2.45, 2.75) is 37.5 Å². The molecule has 1 N–H and O–H groups in total. The number of hydrogen-bond donors (Lipinski definition) is 1. The molecule has 0 bridgehead atoms. The molecule has 2 aromatic rings. The number of hydrogen-bond acceptors (Lipinski definition) is 4. The lowest BCUT2D eigenvalue weighted by Crippen LogP contribution is -2.39. The molecule has 3 rings (SSSR count). The highest BCUT2D eigenvalue weighted by atomic mass is 32.2. The number of nitrogens with zero attached hydrogens (tertiary/aromatic N) is 3. The molecule has 1 saturated heterocycles. The number of benzene rings is 1. The van der Waals surface area contributed by atoms with Gasteiger partial charge in [-0.3, -0.25) is 4.68 Å². The fourth-order valence-corrected chi connectivity index (χ4v) is 5.51. The zero-order chi connectivity index (χ0) is 19.1. The predicted octanol–water partition coefficient (Wildman–Crippen LogP) is 2.30. The Morgan fingerprint density at radius 1 is 1.23 bits per heavy atom. The third-order valence-corrected chi connectivity index (χ3v) is 7.17. The number of carbonyl (C=O) groups is 1. The summed E-state index contributed by atoms with van der Waals surface area (Å²) in [5, 5.41) is 13.2. The maximum absolute atomic E-state index is 13.2. The Bertz CT molecular complexity index is 932. The van der Waals surface area contributed by atoms with E-state index in [0.29, 0.717) is 29.4 Å². The van der Waals surface area contributed by atoms with Gasteiger partial charge in [-0.25, -0.2) is 13.2 Å². The molecule has 1 aromatic carbocycles. The van der Waals surface area contributed by atoms with Gasteiger partial charge in [0.1, 0.15) is 4.90 Å². The largest absolute Gasteiger partial charge is 0.478 e. The summed E-state index contributed by atoms with van der Waals surface area (Å²) in [6.07, 6.45) is 1.65. The van der Waals surface area contributed by atoms with Crippen molar-refractivity contribution < 1.29 is 18.3 Å². The highest BCUT2D eigenvalue weighted by Gasteiger charge is 2.34. The molecule has 1 aliphatic rings. The maximum atomic E-state index is 13.2. The average molecular weight is 377 g/mol. The average Bonchev–Trinajstić information content (AvgIpc) is 2.87. The molecular formula is C18H23N3O4S. The summed E-state index contributed by atoms with van der Waals surface area (Å²) in [6.45, 7) is 4.35. The van der Waals surface area contributed by atoms with E-state index in [0.717, 1.165) is 18.4 Å². The van der Waals surface area contributed by atoms with Gasteiger partial charge in [-0.15, -0.1) is 0 Å². The van der Waals surface area contributed by atoms with Crippen LogP contribution in [0.15, 0.2) is 29.2 Å². The van der Waals surface area contributed by atoms with Crippen LogP contribution in [0.1, 0.15) is 46.1 Å². The highest BCUT2D eigenvalue weighted by molar-refractivity contribution is 7.89. The van der Waals surface area contributed by atoms with Gasteiger partial charge in [0.05, 0.1) is 17.0 Å². The number of carboxylic acids is 1. The Balaban J connectivity index is 1.87. The minimum atomic E-state index is -3.61. The molecule has 1 aromatic heterocycles.